The summed E-state index contributed by atoms with van der Waals surface area (Å²) in [4.78, 5) is 16.9. The second-order valence-electron chi connectivity index (χ2n) is 18.9. The second kappa shape index (κ2) is 16.0. The molecule has 0 fully saturated rings. The highest BCUT2D eigenvalue weighted by molar-refractivity contribution is 7.75. The molecule has 0 radical (unpaired) electrons. The molecule has 1 aliphatic carbocycles. The third-order valence-electron chi connectivity index (χ3n) is 15.0. The molecule has 6 heterocycles. The van der Waals surface area contributed by atoms with Crippen LogP contribution in [-0.4, -0.2) is 29.4 Å². The monoisotopic (exact) mass is 956 g/mol. The lowest BCUT2D eigenvalue weighted by Crippen LogP contribution is -2.09. The molecule has 0 saturated heterocycles. The van der Waals surface area contributed by atoms with Gasteiger partial charge in [0.15, 0.2) is 18.2 Å². The molecule has 13 aromatic rings. The molecule has 1 unspecified atom stereocenters. The van der Waals surface area contributed by atoms with E-state index < -0.39 is 7.55 Å². The van der Waals surface area contributed by atoms with Gasteiger partial charge in [0.05, 0.1) is 39.1 Å². The first-order chi connectivity index (χ1) is 35.6. The molecule has 5 nitrogen and oxygen atoms in total. The van der Waals surface area contributed by atoms with E-state index in [1.807, 2.05) is 11.3 Å². The van der Waals surface area contributed by atoms with E-state index in [-0.39, 0.29) is 0 Å². The van der Waals surface area contributed by atoms with E-state index in [4.69, 9.17) is 15.0 Å². The van der Waals surface area contributed by atoms with Crippen molar-refractivity contribution in [3.05, 3.63) is 229 Å². The highest BCUT2D eigenvalue weighted by Gasteiger charge is 2.40. The Kier molecular flexibility index (Phi) is 9.17. The number of hydrogen-bond acceptors (Lipinski definition) is 4. The molecule has 0 saturated carbocycles. The maximum Gasteiger partial charge on any atom is 0.235 e. The first kappa shape index (κ1) is 41.3. The van der Waals surface area contributed by atoms with Gasteiger partial charge in [-0.25, -0.2) is 15.0 Å². The predicted octanol–water partition coefficient (Wildman–Crippen LogP) is 16.0. The van der Waals surface area contributed by atoms with E-state index in [2.05, 4.69) is 235 Å². The van der Waals surface area contributed by atoms with Crippen LogP contribution in [0.3, 0.4) is 0 Å². The fraction of sp³-hybridized carbons (Fsp3) is 0.0462. The minimum absolute atomic E-state index is 0.637. The second-order valence-corrected chi connectivity index (χ2v) is 22.2. The van der Waals surface area contributed by atoms with Gasteiger partial charge in [0.25, 0.3) is 0 Å². The molecular weight excluding hydrogens is 914 g/mol. The van der Waals surface area contributed by atoms with Crippen LogP contribution in [0.1, 0.15) is 23.1 Å². The lowest BCUT2D eigenvalue weighted by molar-refractivity contribution is 0.997. The van der Waals surface area contributed by atoms with Crippen LogP contribution >= 0.6 is 18.9 Å². The Labute approximate surface area is 420 Å². The summed E-state index contributed by atoms with van der Waals surface area (Å²) in [5.41, 5.74) is 15.4. The maximum atomic E-state index is 5.76. The topological polar surface area (TPSA) is 48.5 Å². The molecule has 0 spiro atoms. The first-order valence-corrected chi connectivity index (χ1v) is 26.7. The van der Waals surface area contributed by atoms with E-state index in [1.54, 1.807) is 0 Å². The summed E-state index contributed by atoms with van der Waals surface area (Å²) in [5, 5.41) is 11.5. The minimum Gasteiger partial charge on any atom is -0.293 e. The molecular formula is C65H43N5PS+. The molecule has 72 heavy (non-hydrogen) atoms. The van der Waals surface area contributed by atoms with E-state index in [9.17, 15) is 0 Å². The van der Waals surface area contributed by atoms with E-state index >= 15 is 0 Å². The molecule has 1 atom stereocenters. The predicted molar refractivity (Wildman–Crippen MR) is 307 cm³/mol. The number of fused-ring (bicyclic) bond motifs is 13. The molecule has 0 bridgehead atoms. The molecule has 0 N–H and O–H groups in total. The minimum atomic E-state index is -0.709. The summed E-state index contributed by atoms with van der Waals surface area (Å²) in [6.07, 6.45) is 7.80. The number of pyridine rings is 1. The molecule has 7 heteroatoms. The number of aryl methyl sites for hydroxylation is 2. The Hall–Kier alpha value is -8.54. The molecule has 338 valence electrons. The van der Waals surface area contributed by atoms with Crippen molar-refractivity contribution in [3.63, 3.8) is 0 Å². The normalized spacial score (nSPS) is 13.8. The number of thiophene rings is 1. The van der Waals surface area contributed by atoms with Crippen LogP contribution in [0.2, 0.25) is 0 Å². The highest BCUT2D eigenvalue weighted by Crippen LogP contribution is 2.48. The molecule has 8 aromatic carbocycles. The van der Waals surface area contributed by atoms with Gasteiger partial charge in [-0.2, -0.15) is 0 Å². The molecule has 5 aromatic heterocycles. The van der Waals surface area contributed by atoms with Gasteiger partial charge in [0.2, 0.25) is 5.95 Å². The fourth-order valence-corrected chi connectivity index (χ4v) is 15.7. The largest absolute Gasteiger partial charge is 0.293 e. The van der Waals surface area contributed by atoms with Crippen molar-refractivity contribution in [3.8, 4) is 45.5 Å². The van der Waals surface area contributed by atoms with Crippen molar-refractivity contribution in [2.75, 3.05) is 0 Å². The smallest absolute Gasteiger partial charge is 0.235 e. The van der Waals surface area contributed by atoms with Crippen molar-refractivity contribution >= 4 is 104 Å². The Balaban J connectivity index is 0.999. The van der Waals surface area contributed by atoms with Crippen LogP contribution < -0.4 is 10.6 Å². The van der Waals surface area contributed by atoms with Crippen molar-refractivity contribution in [1.29, 1.82) is 0 Å². The highest BCUT2D eigenvalue weighted by atomic mass is 32.1. The van der Waals surface area contributed by atoms with Crippen molar-refractivity contribution < 1.29 is 0 Å². The van der Waals surface area contributed by atoms with Gasteiger partial charge < -0.3 is 0 Å². The fourth-order valence-electron chi connectivity index (χ4n) is 11.8. The van der Waals surface area contributed by atoms with Crippen molar-refractivity contribution in [2.24, 2.45) is 0 Å². The van der Waals surface area contributed by atoms with E-state index in [0.717, 1.165) is 78.9 Å². The number of para-hydroxylation sites is 2. The maximum absolute atomic E-state index is 5.76. The van der Waals surface area contributed by atoms with Crippen LogP contribution in [-0.2, 0) is 0 Å². The molecule has 15 rings (SSSR count). The van der Waals surface area contributed by atoms with Gasteiger partial charge in [-0.05, 0) is 85.6 Å². The average molecular weight is 957 g/mol. The van der Waals surface area contributed by atoms with E-state index in [0.29, 0.717) is 5.95 Å². The average Bonchev–Trinajstić information content (AvgIpc) is 4.20. The Bertz CT molecular complexity index is 4550. The quantitative estimate of drug-likeness (QED) is 0.156. The van der Waals surface area contributed by atoms with E-state index in [1.165, 1.54) is 69.1 Å². The van der Waals surface area contributed by atoms with Gasteiger partial charge in [-0.1, -0.05) is 152 Å². The number of rotatable bonds is 6. The summed E-state index contributed by atoms with van der Waals surface area (Å²) in [6, 6.07) is 70.3. The summed E-state index contributed by atoms with van der Waals surface area (Å²) in [7, 11) is -0.709. The van der Waals surface area contributed by atoms with Crippen LogP contribution in [0, 0.1) is 13.8 Å². The molecule has 0 amide bonds. The summed E-state index contributed by atoms with van der Waals surface area (Å²) >= 11 is 1.84. The lowest BCUT2D eigenvalue weighted by Gasteiger charge is -2.15. The van der Waals surface area contributed by atoms with Crippen LogP contribution in [0.5, 0.6) is 0 Å². The van der Waals surface area contributed by atoms with Gasteiger partial charge in [0.1, 0.15) is 11.1 Å². The van der Waals surface area contributed by atoms with Crippen molar-refractivity contribution in [2.45, 2.75) is 20.3 Å². The van der Waals surface area contributed by atoms with Gasteiger partial charge in [-0.3, -0.25) is 9.13 Å². The number of allylic oxidation sites excluding steroid dienone is 4. The summed E-state index contributed by atoms with van der Waals surface area (Å²) in [6.45, 7) is 4.56. The standard InChI is InChI=1S/C65H43N5PS/c1-39-40(2)63-62(48-25-10-13-29-53(48)69(63)59-34-18-28-50(66-59)42-35-36-45-44-23-12-16-33-57(44)72-58(45)37-42)64-60(39)47-24-9-14-30-54(47)70(64)65-67-51(41-19-5-3-6-20-41)38-52(68-65)46-27-17-32-56-61(46)49-26-11-15-31-55(49)71(56)43-21-7-4-8-22-43/h3-30,32-38H,31H2,1-2H3/q+1. The third-order valence-corrected chi connectivity index (χ3v) is 18.8. The zero-order chi connectivity index (χ0) is 47.6. The zero-order valence-electron chi connectivity index (χ0n) is 39.5. The van der Waals surface area contributed by atoms with Crippen LogP contribution in [0.15, 0.2) is 212 Å². The number of nitrogens with zero attached hydrogens (tertiary/aromatic N) is 5. The van der Waals surface area contributed by atoms with Crippen LogP contribution in [0.4, 0.5) is 0 Å². The Morgan fingerprint density at radius 3 is 2.03 bits per heavy atom. The molecule has 2 aliphatic rings. The summed E-state index contributed by atoms with van der Waals surface area (Å²) < 4.78 is 7.31. The lowest BCUT2D eigenvalue weighted by atomic mass is 9.92. The van der Waals surface area contributed by atoms with Gasteiger partial charge in [0, 0.05) is 76.0 Å². The number of hydrogen-bond donors (Lipinski definition) is 0. The van der Waals surface area contributed by atoms with Gasteiger partial charge in [-0.15, -0.1) is 11.3 Å². The first-order valence-electron chi connectivity index (χ1n) is 24.6. The number of aromatic nitrogens is 5. The Morgan fingerprint density at radius 2 is 1.19 bits per heavy atom. The van der Waals surface area contributed by atoms with Crippen LogP contribution in [0.25, 0.3) is 115 Å². The van der Waals surface area contributed by atoms with Crippen molar-refractivity contribution in [1.82, 2.24) is 24.1 Å². The Morgan fingerprint density at radius 1 is 0.500 bits per heavy atom. The zero-order valence-corrected chi connectivity index (χ0v) is 41.2. The number of benzene rings is 8. The SMILES string of the molecule is Cc1c(C)c2c(c3ccccc3n2-c2cccc(-c3ccc4c(c3)sc3ccccc34)n2)c2c1c1ccccc1n2-c1nc(-c2ccccc2)cc(-c2cccc3c2C2=CC=CCC2=[P+]3c2ccccc2)n1. The molecule has 1 aliphatic heterocycles. The summed E-state index contributed by atoms with van der Waals surface area (Å²) in [5.74, 6) is 1.51. The van der Waals surface area contributed by atoms with Gasteiger partial charge >= 0.3 is 0 Å². The third kappa shape index (κ3) is 6.07.